The number of carbonyl (C=O) groups excluding carboxylic acids is 1. The number of rotatable bonds is 47. The topological polar surface area (TPSA) is 69.6 Å². The zero-order chi connectivity index (χ0) is 48.5. The Bertz CT molecular complexity index is 1460. The summed E-state index contributed by atoms with van der Waals surface area (Å²) in [6.45, 7) is 4.17. The lowest BCUT2D eigenvalue weighted by Gasteiger charge is -2.20. The Morgan fingerprint density at radius 2 is 0.657 bits per heavy atom. The molecule has 0 radical (unpaired) electrons. The van der Waals surface area contributed by atoms with Crippen molar-refractivity contribution in [1.29, 1.82) is 0 Å². The molecule has 376 valence electrons. The highest BCUT2D eigenvalue weighted by molar-refractivity contribution is 5.76. The number of hydrogen-bond donors (Lipinski definition) is 3. The number of unbranched alkanes of at least 4 members (excludes halogenated alkanes) is 16. The summed E-state index contributed by atoms with van der Waals surface area (Å²) in [5.74, 6) is -0.0957. The monoisotopic (exact) mass is 920 g/mol. The first-order chi connectivity index (χ1) is 33.2. The molecule has 0 aliphatic rings. The Morgan fingerprint density at radius 1 is 0.373 bits per heavy atom. The molecule has 0 aromatic heterocycles. The maximum Gasteiger partial charge on any atom is 0.220 e. The molecule has 0 saturated carbocycles. The standard InChI is InChI=1S/C63H101NO3/c1-3-5-7-9-11-13-15-17-19-20-21-22-23-24-25-26-27-28-29-30-31-32-33-34-35-36-37-38-39-40-41-42-43-44-45-47-49-51-53-55-57-59-63(67)64-61(60-65)62(66)58-56-54-52-50-48-46-18-16-14-12-10-8-6-4-2/h5,7,11,13,17,19,21-22,24-25,27-28,30-31,33-34,36-37,39-40,42-43,45,47,56,58,61-62,65-66H,3-4,6,8-10,12,14-16,18,20,23,26,29,32,35,38,41,44,46,48-55,57,59-60H2,1-2H3,(H,64,67)/b7-5-,13-11-,19-17-,22-21-,25-24-,28-27-,31-30-,34-33-,37-36-,40-39-,43-42-,47-45-,58-56+. The van der Waals surface area contributed by atoms with Crippen LogP contribution < -0.4 is 5.32 Å². The third-order valence-corrected chi connectivity index (χ3v) is 11.3. The molecule has 0 heterocycles. The molecule has 0 rings (SSSR count). The quantitative estimate of drug-likeness (QED) is 0.0421. The van der Waals surface area contributed by atoms with Gasteiger partial charge in [-0.15, -0.1) is 0 Å². The van der Waals surface area contributed by atoms with E-state index < -0.39 is 12.1 Å². The summed E-state index contributed by atoms with van der Waals surface area (Å²) in [7, 11) is 0. The number of hydrogen-bond acceptors (Lipinski definition) is 3. The van der Waals surface area contributed by atoms with E-state index in [1.54, 1.807) is 6.08 Å². The van der Waals surface area contributed by atoms with Crippen LogP contribution in [0.4, 0.5) is 0 Å². The Kier molecular flexibility index (Phi) is 53.0. The molecule has 0 fully saturated rings. The van der Waals surface area contributed by atoms with E-state index in [0.717, 1.165) is 122 Å². The van der Waals surface area contributed by atoms with Crippen LogP contribution in [0.15, 0.2) is 158 Å². The third kappa shape index (κ3) is 52.8. The van der Waals surface area contributed by atoms with Gasteiger partial charge in [0.15, 0.2) is 0 Å². The molecule has 4 heteroatoms. The highest BCUT2D eigenvalue weighted by atomic mass is 16.3. The first-order valence-electron chi connectivity index (χ1n) is 27.2. The fraction of sp³-hybridized carbons (Fsp3) is 0.571. The van der Waals surface area contributed by atoms with E-state index in [9.17, 15) is 15.0 Å². The summed E-state index contributed by atoms with van der Waals surface area (Å²) in [6.07, 6.45) is 90.9. The molecule has 1 amide bonds. The van der Waals surface area contributed by atoms with Crippen LogP contribution in [0.1, 0.15) is 213 Å². The van der Waals surface area contributed by atoms with Gasteiger partial charge in [-0.05, 0) is 109 Å². The van der Waals surface area contributed by atoms with Gasteiger partial charge in [-0.2, -0.15) is 0 Å². The minimum absolute atomic E-state index is 0.0957. The van der Waals surface area contributed by atoms with Crippen LogP contribution >= 0.6 is 0 Å². The zero-order valence-corrected chi connectivity index (χ0v) is 43.1. The maximum absolute atomic E-state index is 12.4. The fourth-order valence-electron chi connectivity index (χ4n) is 7.16. The van der Waals surface area contributed by atoms with Crippen molar-refractivity contribution in [2.45, 2.75) is 225 Å². The number of amides is 1. The Hall–Kier alpha value is -3.99. The van der Waals surface area contributed by atoms with Crippen LogP contribution in [-0.2, 0) is 4.79 Å². The third-order valence-electron chi connectivity index (χ3n) is 11.3. The lowest BCUT2D eigenvalue weighted by Crippen LogP contribution is -2.45. The number of allylic oxidation sites excluding steroid dienone is 25. The van der Waals surface area contributed by atoms with E-state index in [-0.39, 0.29) is 12.5 Å². The van der Waals surface area contributed by atoms with E-state index in [2.05, 4.69) is 165 Å². The molecule has 2 atom stereocenters. The smallest absolute Gasteiger partial charge is 0.220 e. The predicted molar refractivity (Wildman–Crippen MR) is 298 cm³/mol. The van der Waals surface area contributed by atoms with Crippen LogP contribution in [0.5, 0.6) is 0 Å². The number of aliphatic hydroxyl groups is 2. The summed E-state index contributed by atoms with van der Waals surface area (Å²) < 4.78 is 0. The molecule has 0 spiro atoms. The first-order valence-corrected chi connectivity index (χ1v) is 27.2. The SMILES string of the molecule is CC/C=C\C/C=C\C/C=C\C/C=C\C/C=C\C/C=C\C/C=C\C/C=C\C/C=C\C/C=C\C/C=C\C/C=C\CCCCCCC(=O)NC(CO)C(O)/C=C/CCCCCCCCCCCCCC. The van der Waals surface area contributed by atoms with Gasteiger partial charge in [-0.1, -0.05) is 255 Å². The molecule has 0 saturated heterocycles. The number of aliphatic hydroxyl groups excluding tert-OH is 2. The van der Waals surface area contributed by atoms with Gasteiger partial charge < -0.3 is 15.5 Å². The van der Waals surface area contributed by atoms with Crippen molar-refractivity contribution in [3.63, 3.8) is 0 Å². The Balaban J connectivity index is 3.72. The molecule has 2 unspecified atom stereocenters. The highest BCUT2D eigenvalue weighted by Gasteiger charge is 2.17. The van der Waals surface area contributed by atoms with Gasteiger partial charge in [0.2, 0.25) is 5.91 Å². The van der Waals surface area contributed by atoms with Gasteiger partial charge in [0.1, 0.15) is 0 Å². The maximum atomic E-state index is 12.4. The molecule has 3 N–H and O–H groups in total. The van der Waals surface area contributed by atoms with Crippen molar-refractivity contribution in [2.24, 2.45) is 0 Å². The number of carbonyl (C=O) groups is 1. The number of nitrogens with one attached hydrogen (secondary N) is 1. The molecule has 0 aliphatic carbocycles. The molecule has 0 aromatic rings. The minimum atomic E-state index is -0.860. The van der Waals surface area contributed by atoms with E-state index in [1.165, 1.54) is 70.6 Å². The summed E-state index contributed by atoms with van der Waals surface area (Å²) in [6, 6.07) is -0.647. The first kappa shape index (κ1) is 63.0. The van der Waals surface area contributed by atoms with Gasteiger partial charge in [0.05, 0.1) is 18.8 Å². The van der Waals surface area contributed by atoms with Crippen molar-refractivity contribution >= 4 is 5.91 Å². The zero-order valence-electron chi connectivity index (χ0n) is 43.1. The molecular formula is C63H101NO3. The fourth-order valence-corrected chi connectivity index (χ4v) is 7.16. The van der Waals surface area contributed by atoms with Gasteiger partial charge in [-0.25, -0.2) is 0 Å². The lowest BCUT2D eigenvalue weighted by molar-refractivity contribution is -0.123. The molecule has 0 aliphatic heterocycles. The van der Waals surface area contributed by atoms with Crippen molar-refractivity contribution in [2.75, 3.05) is 6.61 Å². The van der Waals surface area contributed by atoms with Crippen LogP contribution in [0.25, 0.3) is 0 Å². The van der Waals surface area contributed by atoms with E-state index in [0.29, 0.717) is 6.42 Å². The minimum Gasteiger partial charge on any atom is -0.394 e. The molecular weight excluding hydrogens is 819 g/mol. The van der Waals surface area contributed by atoms with Crippen LogP contribution in [0.3, 0.4) is 0 Å². The second kappa shape index (κ2) is 56.3. The predicted octanol–water partition coefficient (Wildman–Crippen LogP) is 18.2. The van der Waals surface area contributed by atoms with Crippen LogP contribution in [-0.4, -0.2) is 34.9 Å². The highest BCUT2D eigenvalue weighted by Crippen LogP contribution is 2.13. The van der Waals surface area contributed by atoms with Gasteiger partial charge >= 0.3 is 0 Å². The lowest BCUT2D eigenvalue weighted by atomic mass is 10.0. The molecule has 0 aromatic carbocycles. The van der Waals surface area contributed by atoms with Crippen molar-refractivity contribution in [3.8, 4) is 0 Å². The van der Waals surface area contributed by atoms with Crippen molar-refractivity contribution < 1.29 is 15.0 Å². The summed E-state index contributed by atoms with van der Waals surface area (Å²) in [4.78, 5) is 12.4. The largest absolute Gasteiger partial charge is 0.394 e. The summed E-state index contributed by atoms with van der Waals surface area (Å²) >= 11 is 0. The van der Waals surface area contributed by atoms with Gasteiger partial charge in [0.25, 0.3) is 0 Å². The van der Waals surface area contributed by atoms with Gasteiger partial charge in [0, 0.05) is 6.42 Å². The Morgan fingerprint density at radius 3 is 0.985 bits per heavy atom. The normalized spacial score (nSPS) is 14.1. The van der Waals surface area contributed by atoms with Crippen molar-refractivity contribution in [3.05, 3.63) is 158 Å². The van der Waals surface area contributed by atoms with Crippen molar-refractivity contribution in [1.82, 2.24) is 5.32 Å². The van der Waals surface area contributed by atoms with E-state index in [4.69, 9.17) is 0 Å². The van der Waals surface area contributed by atoms with E-state index >= 15 is 0 Å². The molecule has 67 heavy (non-hydrogen) atoms. The molecule has 4 nitrogen and oxygen atoms in total. The second-order valence-electron chi connectivity index (χ2n) is 17.6. The molecule has 0 bridgehead atoms. The average Bonchev–Trinajstić information content (AvgIpc) is 3.33. The van der Waals surface area contributed by atoms with Crippen LogP contribution in [0.2, 0.25) is 0 Å². The summed E-state index contributed by atoms with van der Waals surface area (Å²) in [5.41, 5.74) is 0. The van der Waals surface area contributed by atoms with Crippen LogP contribution in [0, 0.1) is 0 Å². The second-order valence-corrected chi connectivity index (χ2v) is 17.6. The van der Waals surface area contributed by atoms with E-state index in [1.807, 2.05) is 6.08 Å². The summed E-state index contributed by atoms with van der Waals surface area (Å²) in [5, 5.41) is 23.0. The van der Waals surface area contributed by atoms with Gasteiger partial charge in [-0.3, -0.25) is 4.79 Å². The average molecular weight is 921 g/mol. The Labute approximate surface area is 414 Å².